The normalized spacial score (nSPS) is 14.4. The first kappa shape index (κ1) is 20.4. The number of halogens is 1. The summed E-state index contributed by atoms with van der Waals surface area (Å²) >= 11 is 6.15. The number of hydrogen-bond acceptors (Lipinski definition) is 4. The SMILES string of the molecule is Cc1ccc(Cl)cc1N1CCN(C(=O)CCc2nc3ccccc3c(=O)n2C)CC1. The summed E-state index contributed by atoms with van der Waals surface area (Å²) in [6.45, 7) is 4.98. The number of rotatable bonds is 4. The molecule has 30 heavy (non-hydrogen) atoms. The molecule has 2 aromatic carbocycles. The van der Waals surface area contributed by atoms with E-state index in [0.717, 1.165) is 23.8 Å². The molecule has 7 heteroatoms. The number of carbonyl (C=O) groups excluding carboxylic acids is 1. The molecule has 0 N–H and O–H groups in total. The molecule has 1 aliphatic heterocycles. The summed E-state index contributed by atoms with van der Waals surface area (Å²) in [5.74, 6) is 0.736. The van der Waals surface area contributed by atoms with Gasteiger partial charge in [0, 0.05) is 56.8 Å². The highest BCUT2D eigenvalue weighted by Gasteiger charge is 2.22. The van der Waals surface area contributed by atoms with Crippen LogP contribution in [0.4, 0.5) is 5.69 Å². The third kappa shape index (κ3) is 4.05. The van der Waals surface area contributed by atoms with E-state index in [-0.39, 0.29) is 11.5 Å². The molecule has 156 valence electrons. The Hall–Kier alpha value is -2.86. The molecule has 1 saturated heterocycles. The van der Waals surface area contributed by atoms with E-state index in [1.165, 1.54) is 5.56 Å². The summed E-state index contributed by atoms with van der Waals surface area (Å²) in [5, 5.41) is 1.32. The maximum absolute atomic E-state index is 12.8. The molecule has 0 aliphatic carbocycles. The lowest BCUT2D eigenvalue weighted by atomic mass is 10.1. The van der Waals surface area contributed by atoms with Gasteiger partial charge in [-0.25, -0.2) is 4.98 Å². The fourth-order valence-electron chi connectivity index (χ4n) is 3.98. The molecule has 2 heterocycles. The number of fused-ring (bicyclic) bond motifs is 1. The van der Waals surface area contributed by atoms with E-state index in [2.05, 4.69) is 16.8 Å². The predicted octanol–water partition coefficient (Wildman–Crippen LogP) is 3.18. The number of piperazine rings is 1. The maximum atomic E-state index is 12.8. The Bertz CT molecular complexity index is 1150. The molecule has 0 radical (unpaired) electrons. The van der Waals surface area contributed by atoms with Crippen LogP contribution in [0.3, 0.4) is 0 Å². The lowest BCUT2D eigenvalue weighted by molar-refractivity contribution is -0.131. The number of carbonyl (C=O) groups is 1. The van der Waals surface area contributed by atoms with Gasteiger partial charge in [-0.05, 0) is 36.8 Å². The summed E-state index contributed by atoms with van der Waals surface area (Å²) in [6, 6.07) is 13.2. The fraction of sp³-hybridized carbons (Fsp3) is 0.348. The van der Waals surface area contributed by atoms with Gasteiger partial charge in [-0.3, -0.25) is 14.2 Å². The third-order valence-corrected chi connectivity index (χ3v) is 6.02. The van der Waals surface area contributed by atoms with Gasteiger partial charge >= 0.3 is 0 Å². The van der Waals surface area contributed by atoms with Crippen LogP contribution in [0.15, 0.2) is 47.3 Å². The zero-order valence-electron chi connectivity index (χ0n) is 17.3. The van der Waals surface area contributed by atoms with Crippen molar-refractivity contribution >= 4 is 34.1 Å². The number of nitrogens with zero attached hydrogens (tertiary/aromatic N) is 4. The highest BCUT2D eigenvalue weighted by atomic mass is 35.5. The molecule has 0 saturated carbocycles. The zero-order chi connectivity index (χ0) is 21.3. The Balaban J connectivity index is 1.39. The topological polar surface area (TPSA) is 58.4 Å². The fourth-order valence-corrected chi connectivity index (χ4v) is 4.15. The van der Waals surface area contributed by atoms with Gasteiger partial charge in [0.25, 0.3) is 5.56 Å². The van der Waals surface area contributed by atoms with E-state index >= 15 is 0 Å². The maximum Gasteiger partial charge on any atom is 0.261 e. The smallest absolute Gasteiger partial charge is 0.261 e. The number of benzene rings is 2. The Labute approximate surface area is 180 Å². The van der Waals surface area contributed by atoms with E-state index in [9.17, 15) is 9.59 Å². The first-order chi connectivity index (χ1) is 14.4. The molecular weight excluding hydrogens is 400 g/mol. The minimum atomic E-state index is -0.0754. The van der Waals surface area contributed by atoms with Crippen molar-refractivity contribution < 1.29 is 4.79 Å². The first-order valence-electron chi connectivity index (χ1n) is 10.2. The summed E-state index contributed by atoms with van der Waals surface area (Å²) in [4.78, 5) is 34.1. The molecule has 1 aliphatic rings. The molecule has 1 amide bonds. The van der Waals surface area contributed by atoms with Crippen LogP contribution in [-0.4, -0.2) is 46.5 Å². The molecule has 1 aromatic heterocycles. The monoisotopic (exact) mass is 424 g/mol. The van der Waals surface area contributed by atoms with Gasteiger partial charge in [0.15, 0.2) is 0 Å². The van der Waals surface area contributed by atoms with Gasteiger partial charge in [-0.15, -0.1) is 0 Å². The second kappa shape index (κ2) is 8.48. The van der Waals surface area contributed by atoms with Gasteiger partial charge in [0.05, 0.1) is 10.9 Å². The Kier molecular flexibility index (Phi) is 5.77. The van der Waals surface area contributed by atoms with Gasteiger partial charge < -0.3 is 9.80 Å². The minimum Gasteiger partial charge on any atom is -0.368 e. The van der Waals surface area contributed by atoms with Gasteiger partial charge in [-0.1, -0.05) is 29.8 Å². The van der Waals surface area contributed by atoms with Crippen molar-refractivity contribution in [3.05, 3.63) is 69.2 Å². The average molecular weight is 425 g/mol. The van der Waals surface area contributed by atoms with Crippen molar-refractivity contribution in [3.8, 4) is 0 Å². The largest absolute Gasteiger partial charge is 0.368 e. The summed E-state index contributed by atoms with van der Waals surface area (Å²) in [6.07, 6.45) is 0.790. The number of aromatic nitrogens is 2. The van der Waals surface area contributed by atoms with Crippen molar-refractivity contribution in [2.75, 3.05) is 31.1 Å². The molecule has 0 unspecified atom stereocenters. The molecule has 0 atom stereocenters. The number of amides is 1. The number of hydrogen-bond donors (Lipinski definition) is 0. The average Bonchev–Trinajstić information content (AvgIpc) is 2.77. The molecule has 4 rings (SSSR count). The highest BCUT2D eigenvalue weighted by molar-refractivity contribution is 6.30. The number of para-hydroxylation sites is 1. The lowest BCUT2D eigenvalue weighted by Gasteiger charge is -2.37. The quantitative estimate of drug-likeness (QED) is 0.645. The van der Waals surface area contributed by atoms with Crippen molar-refractivity contribution in [2.24, 2.45) is 7.05 Å². The van der Waals surface area contributed by atoms with Crippen molar-refractivity contribution in [2.45, 2.75) is 19.8 Å². The molecule has 0 bridgehead atoms. The first-order valence-corrected chi connectivity index (χ1v) is 10.6. The minimum absolute atomic E-state index is 0.0754. The second-order valence-electron chi connectivity index (χ2n) is 7.71. The summed E-state index contributed by atoms with van der Waals surface area (Å²) in [5.41, 5.74) is 2.91. The van der Waals surface area contributed by atoms with Crippen LogP contribution in [0.1, 0.15) is 17.8 Å². The highest BCUT2D eigenvalue weighted by Crippen LogP contribution is 2.25. The predicted molar refractivity (Wildman–Crippen MR) is 120 cm³/mol. The van der Waals surface area contributed by atoms with Crippen LogP contribution < -0.4 is 10.5 Å². The Morgan fingerprint density at radius 2 is 1.83 bits per heavy atom. The number of anilines is 1. The van der Waals surface area contributed by atoms with E-state index in [4.69, 9.17) is 11.6 Å². The third-order valence-electron chi connectivity index (χ3n) is 5.78. The van der Waals surface area contributed by atoms with E-state index in [0.29, 0.717) is 42.7 Å². The van der Waals surface area contributed by atoms with Crippen LogP contribution in [0, 0.1) is 6.92 Å². The van der Waals surface area contributed by atoms with Crippen molar-refractivity contribution in [3.63, 3.8) is 0 Å². The molecule has 6 nitrogen and oxygen atoms in total. The molecule has 0 spiro atoms. The van der Waals surface area contributed by atoms with Crippen molar-refractivity contribution in [1.82, 2.24) is 14.5 Å². The van der Waals surface area contributed by atoms with Crippen LogP contribution in [0.25, 0.3) is 10.9 Å². The standard InChI is InChI=1S/C23H25ClN4O2/c1-16-7-8-17(24)15-20(16)27-11-13-28(14-12-27)22(29)10-9-21-25-19-6-4-3-5-18(19)23(30)26(21)2/h3-8,15H,9-14H2,1-2H3. The molecule has 3 aromatic rings. The lowest BCUT2D eigenvalue weighted by Crippen LogP contribution is -2.49. The van der Waals surface area contributed by atoms with E-state index in [1.54, 1.807) is 17.7 Å². The van der Waals surface area contributed by atoms with Crippen molar-refractivity contribution in [1.29, 1.82) is 0 Å². The Morgan fingerprint density at radius 3 is 2.60 bits per heavy atom. The van der Waals surface area contributed by atoms with Crippen LogP contribution in [0.5, 0.6) is 0 Å². The van der Waals surface area contributed by atoms with Gasteiger partial charge in [-0.2, -0.15) is 0 Å². The van der Waals surface area contributed by atoms with Gasteiger partial charge in [0.1, 0.15) is 5.82 Å². The Morgan fingerprint density at radius 1 is 1.10 bits per heavy atom. The summed E-state index contributed by atoms with van der Waals surface area (Å²) in [7, 11) is 1.72. The second-order valence-corrected chi connectivity index (χ2v) is 8.14. The number of aryl methyl sites for hydroxylation is 2. The van der Waals surface area contributed by atoms with Crippen LogP contribution in [0.2, 0.25) is 5.02 Å². The molecule has 1 fully saturated rings. The molecular formula is C23H25ClN4O2. The van der Waals surface area contributed by atoms with Gasteiger partial charge in [0.2, 0.25) is 5.91 Å². The summed E-state index contributed by atoms with van der Waals surface area (Å²) < 4.78 is 1.55. The zero-order valence-corrected chi connectivity index (χ0v) is 18.0. The van der Waals surface area contributed by atoms with Crippen LogP contribution >= 0.6 is 11.6 Å². The van der Waals surface area contributed by atoms with E-state index < -0.39 is 0 Å². The van der Waals surface area contributed by atoms with E-state index in [1.807, 2.05) is 41.3 Å². The van der Waals surface area contributed by atoms with Crippen LogP contribution in [-0.2, 0) is 18.3 Å².